The summed E-state index contributed by atoms with van der Waals surface area (Å²) < 4.78 is 18.7. The molecule has 5 heteroatoms. The SMILES string of the molecule is OCc1c(-c2cc(F)ccc2Cl)noc1-c1ccccc1. The Kier molecular flexibility index (Phi) is 3.73. The first-order valence-electron chi connectivity index (χ1n) is 6.31. The van der Waals surface area contributed by atoms with E-state index in [1.54, 1.807) is 0 Å². The van der Waals surface area contributed by atoms with E-state index in [1.165, 1.54) is 18.2 Å². The van der Waals surface area contributed by atoms with E-state index < -0.39 is 5.82 Å². The van der Waals surface area contributed by atoms with Crippen molar-refractivity contribution in [3.05, 3.63) is 64.9 Å². The molecule has 3 aromatic rings. The molecule has 0 saturated heterocycles. The molecule has 0 fully saturated rings. The molecule has 21 heavy (non-hydrogen) atoms. The Labute approximate surface area is 125 Å². The van der Waals surface area contributed by atoms with Gasteiger partial charge in [0.1, 0.15) is 11.5 Å². The van der Waals surface area contributed by atoms with Gasteiger partial charge in [-0.1, -0.05) is 47.1 Å². The number of aliphatic hydroxyl groups is 1. The van der Waals surface area contributed by atoms with Crippen LogP contribution in [-0.4, -0.2) is 10.3 Å². The zero-order valence-corrected chi connectivity index (χ0v) is 11.6. The first-order valence-corrected chi connectivity index (χ1v) is 6.68. The molecular weight excluding hydrogens is 293 g/mol. The molecule has 2 aromatic carbocycles. The minimum absolute atomic E-state index is 0.282. The Morgan fingerprint density at radius 1 is 1.14 bits per heavy atom. The molecule has 3 nitrogen and oxygen atoms in total. The van der Waals surface area contributed by atoms with Crippen LogP contribution in [0.1, 0.15) is 5.56 Å². The molecule has 0 spiro atoms. The van der Waals surface area contributed by atoms with E-state index in [-0.39, 0.29) is 6.61 Å². The van der Waals surface area contributed by atoms with Crippen molar-refractivity contribution in [1.29, 1.82) is 0 Å². The van der Waals surface area contributed by atoms with Crippen molar-refractivity contribution >= 4 is 11.6 Å². The average Bonchev–Trinajstić information content (AvgIpc) is 2.94. The molecule has 0 aliphatic rings. The van der Waals surface area contributed by atoms with Crippen molar-refractivity contribution in [2.75, 3.05) is 0 Å². The van der Waals surface area contributed by atoms with Gasteiger partial charge in [0.05, 0.1) is 17.2 Å². The summed E-state index contributed by atoms with van der Waals surface area (Å²) in [5.41, 5.74) is 2.01. The summed E-state index contributed by atoms with van der Waals surface area (Å²) in [5.74, 6) is 0.0241. The highest BCUT2D eigenvalue weighted by Crippen LogP contribution is 2.35. The molecule has 1 aromatic heterocycles. The minimum atomic E-state index is -0.428. The van der Waals surface area contributed by atoms with Crippen molar-refractivity contribution < 1.29 is 14.0 Å². The zero-order valence-electron chi connectivity index (χ0n) is 10.9. The van der Waals surface area contributed by atoms with Gasteiger partial charge in [-0.05, 0) is 18.2 Å². The maximum Gasteiger partial charge on any atom is 0.173 e. The van der Waals surface area contributed by atoms with Crippen molar-refractivity contribution in [3.8, 4) is 22.6 Å². The Bertz CT molecular complexity index is 771. The predicted molar refractivity (Wildman–Crippen MR) is 78.3 cm³/mol. The third kappa shape index (κ3) is 2.55. The highest BCUT2D eigenvalue weighted by Gasteiger charge is 2.20. The van der Waals surface area contributed by atoms with Crippen molar-refractivity contribution in [2.45, 2.75) is 6.61 Å². The Morgan fingerprint density at radius 2 is 1.90 bits per heavy atom. The lowest BCUT2D eigenvalue weighted by Gasteiger charge is -2.03. The van der Waals surface area contributed by atoms with Crippen LogP contribution in [0.15, 0.2) is 53.1 Å². The van der Waals surface area contributed by atoms with Gasteiger partial charge in [0.2, 0.25) is 0 Å². The Morgan fingerprint density at radius 3 is 2.62 bits per heavy atom. The fraction of sp³-hybridized carbons (Fsp3) is 0.0625. The lowest BCUT2D eigenvalue weighted by Crippen LogP contribution is -1.90. The molecule has 106 valence electrons. The predicted octanol–water partition coefficient (Wildman–Crippen LogP) is 4.29. The maximum atomic E-state index is 13.4. The van der Waals surface area contributed by atoms with Gasteiger partial charge in [-0.15, -0.1) is 0 Å². The first kappa shape index (κ1) is 13.8. The van der Waals surface area contributed by atoms with Crippen LogP contribution in [0.25, 0.3) is 22.6 Å². The van der Waals surface area contributed by atoms with E-state index in [2.05, 4.69) is 5.16 Å². The van der Waals surface area contributed by atoms with Crippen LogP contribution in [0.5, 0.6) is 0 Å². The van der Waals surface area contributed by atoms with Gasteiger partial charge < -0.3 is 9.63 Å². The second kappa shape index (κ2) is 5.68. The first-order chi connectivity index (χ1) is 10.2. The van der Waals surface area contributed by atoms with E-state index in [1.807, 2.05) is 30.3 Å². The lowest BCUT2D eigenvalue weighted by molar-refractivity contribution is 0.281. The van der Waals surface area contributed by atoms with Crippen LogP contribution in [0.2, 0.25) is 5.02 Å². The molecule has 0 amide bonds. The third-order valence-electron chi connectivity index (χ3n) is 3.17. The topological polar surface area (TPSA) is 46.3 Å². The molecular formula is C16H11ClFNO2. The molecule has 0 atom stereocenters. The standard InChI is InChI=1S/C16H11ClFNO2/c17-14-7-6-11(18)8-12(14)15-13(9-20)16(21-19-15)10-4-2-1-3-5-10/h1-8,20H,9H2. The quantitative estimate of drug-likeness (QED) is 0.785. The normalized spacial score (nSPS) is 10.8. The number of aromatic nitrogens is 1. The highest BCUT2D eigenvalue weighted by molar-refractivity contribution is 6.33. The number of hydrogen-bond donors (Lipinski definition) is 1. The number of hydrogen-bond acceptors (Lipinski definition) is 3. The van der Waals surface area contributed by atoms with E-state index in [0.29, 0.717) is 27.6 Å². The van der Waals surface area contributed by atoms with Gasteiger partial charge in [0, 0.05) is 11.1 Å². The molecule has 1 N–H and O–H groups in total. The van der Waals surface area contributed by atoms with Gasteiger partial charge in [0.25, 0.3) is 0 Å². The summed E-state index contributed by atoms with van der Waals surface area (Å²) in [5, 5.41) is 13.9. The van der Waals surface area contributed by atoms with Gasteiger partial charge in [0.15, 0.2) is 5.76 Å². The fourth-order valence-electron chi connectivity index (χ4n) is 2.16. The van der Waals surface area contributed by atoms with Gasteiger partial charge >= 0.3 is 0 Å². The van der Waals surface area contributed by atoms with Crippen LogP contribution < -0.4 is 0 Å². The summed E-state index contributed by atoms with van der Waals surface area (Å²) in [6.07, 6.45) is 0. The van der Waals surface area contributed by atoms with E-state index in [4.69, 9.17) is 16.1 Å². The molecule has 0 aliphatic carbocycles. The molecule has 1 heterocycles. The molecule has 0 unspecified atom stereocenters. The van der Waals surface area contributed by atoms with Crippen LogP contribution in [0.3, 0.4) is 0 Å². The molecule has 0 bridgehead atoms. The Hall–Kier alpha value is -2.17. The lowest BCUT2D eigenvalue weighted by atomic mass is 10.0. The van der Waals surface area contributed by atoms with E-state index in [9.17, 15) is 9.50 Å². The molecule has 0 saturated carbocycles. The summed E-state index contributed by atoms with van der Waals surface area (Å²) in [6.45, 7) is -0.282. The summed E-state index contributed by atoms with van der Waals surface area (Å²) in [7, 11) is 0. The second-order valence-corrected chi connectivity index (χ2v) is 4.89. The van der Waals surface area contributed by atoms with Crippen LogP contribution >= 0.6 is 11.6 Å². The van der Waals surface area contributed by atoms with Gasteiger partial charge in [-0.2, -0.15) is 0 Å². The van der Waals surface area contributed by atoms with Crippen molar-refractivity contribution in [3.63, 3.8) is 0 Å². The van der Waals surface area contributed by atoms with Gasteiger partial charge in [-0.25, -0.2) is 4.39 Å². The number of halogens is 2. The van der Waals surface area contributed by atoms with Crippen LogP contribution in [0.4, 0.5) is 4.39 Å². The van der Waals surface area contributed by atoms with Gasteiger partial charge in [-0.3, -0.25) is 0 Å². The number of aliphatic hydroxyl groups excluding tert-OH is 1. The smallest absolute Gasteiger partial charge is 0.173 e. The van der Waals surface area contributed by atoms with Crippen LogP contribution in [-0.2, 0) is 6.61 Å². The number of rotatable bonds is 3. The highest BCUT2D eigenvalue weighted by atomic mass is 35.5. The van der Waals surface area contributed by atoms with Crippen molar-refractivity contribution in [1.82, 2.24) is 5.16 Å². The Balaban J connectivity index is 2.17. The summed E-state index contributed by atoms with van der Waals surface area (Å²) >= 11 is 6.08. The monoisotopic (exact) mass is 303 g/mol. The molecule has 3 rings (SSSR count). The fourth-order valence-corrected chi connectivity index (χ4v) is 2.37. The summed E-state index contributed by atoms with van der Waals surface area (Å²) in [6, 6.07) is 13.3. The zero-order chi connectivity index (χ0) is 14.8. The largest absolute Gasteiger partial charge is 0.391 e. The van der Waals surface area contributed by atoms with E-state index in [0.717, 1.165) is 5.56 Å². The number of nitrogens with zero attached hydrogens (tertiary/aromatic N) is 1. The molecule has 0 aliphatic heterocycles. The minimum Gasteiger partial charge on any atom is -0.391 e. The van der Waals surface area contributed by atoms with Crippen LogP contribution in [0, 0.1) is 5.82 Å². The second-order valence-electron chi connectivity index (χ2n) is 4.49. The van der Waals surface area contributed by atoms with Crippen molar-refractivity contribution in [2.24, 2.45) is 0 Å². The average molecular weight is 304 g/mol. The number of benzene rings is 2. The third-order valence-corrected chi connectivity index (χ3v) is 3.50. The molecule has 0 radical (unpaired) electrons. The summed E-state index contributed by atoms with van der Waals surface area (Å²) in [4.78, 5) is 0. The van der Waals surface area contributed by atoms with E-state index >= 15 is 0 Å². The maximum absolute atomic E-state index is 13.4.